The van der Waals surface area contributed by atoms with Gasteiger partial charge in [0.1, 0.15) is 0 Å². The fourth-order valence-electron chi connectivity index (χ4n) is 2.56. The molecule has 1 aromatic carbocycles. The number of hydrogen-bond donors (Lipinski definition) is 1. The molecule has 1 N–H and O–H groups in total. The summed E-state index contributed by atoms with van der Waals surface area (Å²) in [6.45, 7) is 1.19. The molecule has 1 aromatic heterocycles. The summed E-state index contributed by atoms with van der Waals surface area (Å²) < 4.78 is 5.30. The van der Waals surface area contributed by atoms with Crippen molar-refractivity contribution in [2.75, 3.05) is 13.2 Å². The molecule has 1 fully saturated rings. The summed E-state index contributed by atoms with van der Waals surface area (Å²) in [5.74, 6) is 0.0104. The summed E-state index contributed by atoms with van der Waals surface area (Å²) in [5.41, 5.74) is 2.10. The molecule has 0 bridgehead atoms. The van der Waals surface area contributed by atoms with Gasteiger partial charge < -0.3 is 10.1 Å². The van der Waals surface area contributed by atoms with Crippen molar-refractivity contribution in [3.63, 3.8) is 0 Å². The van der Waals surface area contributed by atoms with Crippen LogP contribution in [0.5, 0.6) is 0 Å². The Kier molecular flexibility index (Phi) is 4.26. The number of amides is 1. The van der Waals surface area contributed by atoms with Gasteiger partial charge in [0.25, 0.3) is 0 Å². The van der Waals surface area contributed by atoms with E-state index in [1.807, 2.05) is 42.5 Å². The number of pyridine rings is 1. The minimum Gasteiger partial charge on any atom is -0.381 e. The highest BCUT2D eigenvalue weighted by molar-refractivity contribution is 5.80. The molecule has 0 spiro atoms. The molecule has 4 nitrogen and oxygen atoms in total. The smallest absolute Gasteiger partial charge is 0.226 e. The van der Waals surface area contributed by atoms with Crippen LogP contribution in [0.15, 0.2) is 54.9 Å². The number of carbonyl (C=O) groups excluding carboxylic acids is 1. The second kappa shape index (κ2) is 6.50. The summed E-state index contributed by atoms with van der Waals surface area (Å²) >= 11 is 0. The van der Waals surface area contributed by atoms with Gasteiger partial charge in [-0.3, -0.25) is 9.78 Å². The van der Waals surface area contributed by atoms with E-state index < -0.39 is 0 Å². The number of benzene rings is 1. The number of ether oxygens (including phenoxy) is 1. The van der Waals surface area contributed by atoms with Crippen LogP contribution in [0.2, 0.25) is 0 Å². The molecule has 0 aliphatic carbocycles. The van der Waals surface area contributed by atoms with Crippen LogP contribution in [0.25, 0.3) is 0 Å². The van der Waals surface area contributed by atoms with Crippen molar-refractivity contribution in [3.05, 3.63) is 66.0 Å². The van der Waals surface area contributed by atoms with E-state index >= 15 is 0 Å². The van der Waals surface area contributed by atoms with Crippen LogP contribution in [-0.2, 0) is 9.53 Å². The fraction of sp³-hybridized carbons (Fsp3) is 0.294. The largest absolute Gasteiger partial charge is 0.381 e. The van der Waals surface area contributed by atoms with Gasteiger partial charge in [0.05, 0.1) is 18.6 Å². The van der Waals surface area contributed by atoms with Crippen molar-refractivity contribution in [1.29, 1.82) is 0 Å². The van der Waals surface area contributed by atoms with Crippen LogP contribution in [0, 0.1) is 5.92 Å². The number of carbonyl (C=O) groups is 1. The van der Waals surface area contributed by atoms with Gasteiger partial charge in [-0.2, -0.15) is 0 Å². The van der Waals surface area contributed by atoms with E-state index in [4.69, 9.17) is 4.74 Å². The minimum absolute atomic E-state index is 0.0435. The van der Waals surface area contributed by atoms with Crippen molar-refractivity contribution in [2.24, 2.45) is 5.92 Å². The zero-order chi connectivity index (χ0) is 14.5. The van der Waals surface area contributed by atoms with Crippen LogP contribution < -0.4 is 5.32 Å². The second-order valence-electron chi connectivity index (χ2n) is 5.19. The van der Waals surface area contributed by atoms with Crippen molar-refractivity contribution < 1.29 is 9.53 Å². The SMILES string of the molecule is O=C(N[C@H](c1ccccc1)c1ccncc1)[C@H]1CCOC1. The highest BCUT2D eigenvalue weighted by Crippen LogP contribution is 2.23. The Balaban J connectivity index is 1.84. The molecule has 0 unspecified atom stereocenters. The maximum atomic E-state index is 12.4. The number of aromatic nitrogens is 1. The highest BCUT2D eigenvalue weighted by Gasteiger charge is 2.26. The van der Waals surface area contributed by atoms with Gasteiger partial charge in [-0.25, -0.2) is 0 Å². The molecule has 21 heavy (non-hydrogen) atoms. The van der Waals surface area contributed by atoms with Gasteiger partial charge in [0, 0.05) is 19.0 Å². The standard InChI is InChI=1S/C17H18N2O2/c20-17(15-8-11-21-12-15)19-16(13-4-2-1-3-5-13)14-6-9-18-10-7-14/h1-7,9-10,15-16H,8,11-12H2,(H,19,20)/t15-,16+/m0/s1. The maximum Gasteiger partial charge on any atom is 0.226 e. The van der Waals surface area contributed by atoms with Gasteiger partial charge >= 0.3 is 0 Å². The molecule has 3 rings (SSSR count). The van der Waals surface area contributed by atoms with Crippen molar-refractivity contribution in [3.8, 4) is 0 Å². The van der Waals surface area contributed by atoms with Gasteiger partial charge in [-0.1, -0.05) is 30.3 Å². The van der Waals surface area contributed by atoms with Crippen LogP contribution >= 0.6 is 0 Å². The summed E-state index contributed by atoms with van der Waals surface area (Å²) in [7, 11) is 0. The first-order valence-electron chi connectivity index (χ1n) is 7.17. The molecule has 2 atom stereocenters. The first-order chi connectivity index (χ1) is 10.3. The molecule has 1 aliphatic heterocycles. The minimum atomic E-state index is -0.151. The predicted octanol–water partition coefficient (Wildman–Crippen LogP) is 2.32. The average Bonchev–Trinajstić information content (AvgIpc) is 3.09. The molecule has 0 radical (unpaired) electrons. The zero-order valence-corrected chi connectivity index (χ0v) is 11.7. The monoisotopic (exact) mass is 282 g/mol. The zero-order valence-electron chi connectivity index (χ0n) is 11.7. The Labute approximate surface area is 124 Å². The van der Waals surface area contributed by atoms with Crippen LogP contribution in [-0.4, -0.2) is 24.1 Å². The third-order valence-electron chi connectivity index (χ3n) is 3.76. The van der Waals surface area contributed by atoms with Gasteiger partial charge in [-0.15, -0.1) is 0 Å². The first kappa shape index (κ1) is 13.8. The molecule has 1 aliphatic rings. The molecule has 2 aromatic rings. The summed E-state index contributed by atoms with van der Waals surface area (Å²) in [5, 5.41) is 3.14. The lowest BCUT2D eigenvalue weighted by atomic mass is 9.98. The summed E-state index contributed by atoms with van der Waals surface area (Å²) in [4.78, 5) is 16.4. The van der Waals surface area contributed by atoms with Crippen LogP contribution in [0.4, 0.5) is 0 Å². The highest BCUT2D eigenvalue weighted by atomic mass is 16.5. The molecule has 108 valence electrons. The molecular formula is C17H18N2O2. The van der Waals surface area contributed by atoms with Crippen molar-refractivity contribution >= 4 is 5.91 Å². The second-order valence-corrected chi connectivity index (χ2v) is 5.19. The lowest BCUT2D eigenvalue weighted by Gasteiger charge is -2.21. The fourth-order valence-corrected chi connectivity index (χ4v) is 2.56. The molecular weight excluding hydrogens is 264 g/mol. The van der Waals surface area contributed by atoms with E-state index in [2.05, 4.69) is 10.3 Å². The quantitative estimate of drug-likeness (QED) is 0.936. The number of rotatable bonds is 4. The number of nitrogens with one attached hydrogen (secondary N) is 1. The van der Waals surface area contributed by atoms with E-state index in [1.54, 1.807) is 12.4 Å². The van der Waals surface area contributed by atoms with Crippen LogP contribution in [0.1, 0.15) is 23.6 Å². The number of nitrogens with zero attached hydrogens (tertiary/aromatic N) is 1. The van der Waals surface area contributed by atoms with Gasteiger partial charge in [0.2, 0.25) is 5.91 Å². The topological polar surface area (TPSA) is 51.2 Å². The van der Waals surface area contributed by atoms with Gasteiger partial charge in [0.15, 0.2) is 0 Å². The van der Waals surface area contributed by atoms with E-state index in [0.29, 0.717) is 13.2 Å². The predicted molar refractivity (Wildman–Crippen MR) is 79.6 cm³/mol. The van der Waals surface area contributed by atoms with Crippen molar-refractivity contribution in [2.45, 2.75) is 12.5 Å². The van der Waals surface area contributed by atoms with Crippen molar-refractivity contribution in [1.82, 2.24) is 10.3 Å². The Morgan fingerprint density at radius 1 is 1.14 bits per heavy atom. The maximum absolute atomic E-state index is 12.4. The molecule has 1 saturated heterocycles. The lowest BCUT2D eigenvalue weighted by Crippen LogP contribution is -2.34. The Hall–Kier alpha value is -2.20. The summed E-state index contributed by atoms with van der Waals surface area (Å²) in [6.07, 6.45) is 4.29. The third-order valence-corrected chi connectivity index (χ3v) is 3.76. The Morgan fingerprint density at radius 3 is 2.52 bits per heavy atom. The van der Waals surface area contributed by atoms with E-state index in [1.165, 1.54) is 0 Å². The van der Waals surface area contributed by atoms with E-state index in [0.717, 1.165) is 17.5 Å². The van der Waals surface area contributed by atoms with E-state index in [9.17, 15) is 4.79 Å². The molecule has 2 heterocycles. The molecule has 1 amide bonds. The number of hydrogen-bond acceptors (Lipinski definition) is 3. The molecule has 0 saturated carbocycles. The molecule has 4 heteroatoms. The average molecular weight is 282 g/mol. The summed E-state index contributed by atoms with van der Waals surface area (Å²) in [6, 6.07) is 13.7. The Bertz CT molecular complexity index is 541. The first-order valence-corrected chi connectivity index (χ1v) is 7.17. The van der Waals surface area contributed by atoms with Gasteiger partial charge in [-0.05, 0) is 29.7 Å². The normalized spacial score (nSPS) is 19.1. The van der Waals surface area contributed by atoms with Crippen LogP contribution in [0.3, 0.4) is 0 Å². The van der Waals surface area contributed by atoms with E-state index in [-0.39, 0.29) is 17.9 Å². The third kappa shape index (κ3) is 3.28. The Morgan fingerprint density at radius 2 is 1.86 bits per heavy atom. The lowest BCUT2D eigenvalue weighted by molar-refractivity contribution is -0.125.